The van der Waals surface area contributed by atoms with Gasteiger partial charge < -0.3 is 18.8 Å². The van der Waals surface area contributed by atoms with Gasteiger partial charge in [-0.15, -0.1) is 0 Å². The predicted octanol–water partition coefficient (Wildman–Crippen LogP) is 5.40. The van der Waals surface area contributed by atoms with Gasteiger partial charge in [-0.05, 0) is 48.9 Å². The average Bonchev–Trinajstić information content (AvgIpc) is 3.21. The molecule has 0 atom stereocenters. The van der Waals surface area contributed by atoms with E-state index in [1.165, 1.54) is 28.5 Å². The number of hydrogen-bond donors (Lipinski definition) is 0. The Balaban J connectivity index is 1.25. The molecule has 0 amide bonds. The van der Waals surface area contributed by atoms with Crippen LogP contribution in [-0.2, 0) is 29.0 Å². The van der Waals surface area contributed by atoms with Crippen LogP contribution in [0.5, 0.6) is 5.75 Å². The van der Waals surface area contributed by atoms with Crippen LogP contribution in [0.15, 0.2) is 54.7 Å². The lowest BCUT2D eigenvalue weighted by molar-refractivity contribution is -0.284. The van der Waals surface area contributed by atoms with Crippen LogP contribution in [-0.4, -0.2) is 48.7 Å². The summed E-state index contributed by atoms with van der Waals surface area (Å²) in [7, 11) is 1.74. The van der Waals surface area contributed by atoms with Crippen LogP contribution in [0.25, 0.3) is 10.9 Å². The Morgan fingerprint density at radius 1 is 0.970 bits per heavy atom. The first kappa shape index (κ1) is 22.5. The first-order valence-corrected chi connectivity index (χ1v) is 12.4. The second kappa shape index (κ2) is 10.3. The number of hydrogen-bond acceptors (Lipinski definition) is 4. The zero-order chi connectivity index (χ0) is 22.5. The van der Waals surface area contributed by atoms with E-state index in [4.69, 9.17) is 14.2 Å². The lowest BCUT2D eigenvalue weighted by atomic mass is 10.0. The number of fused-ring (bicyclic) bond motifs is 1. The molecule has 0 unspecified atom stereocenters. The Morgan fingerprint density at radius 3 is 2.52 bits per heavy atom. The van der Waals surface area contributed by atoms with Crippen LogP contribution in [0.2, 0.25) is 0 Å². The van der Waals surface area contributed by atoms with Crippen LogP contribution in [0, 0.1) is 0 Å². The Bertz CT molecular complexity index is 1030. The topological polar surface area (TPSA) is 35.9 Å². The molecule has 1 spiro atoms. The molecule has 0 bridgehead atoms. The van der Waals surface area contributed by atoms with Gasteiger partial charge >= 0.3 is 0 Å². The molecule has 2 aliphatic heterocycles. The molecule has 176 valence electrons. The summed E-state index contributed by atoms with van der Waals surface area (Å²) >= 11 is 0. The summed E-state index contributed by atoms with van der Waals surface area (Å²) < 4.78 is 20.0. The minimum Gasteiger partial charge on any atom is -0.497 e. The number of likely N-dealkylation sites (tertiary alicyclic amines) is 1. The predicted molar refractivity (Wildman–Crippen MR) is 132 cm³/mol. The lowest BCUT2D eigenvalue weighted by Gasteiger charge is -2.43. The van der Waals surface area contributed by atoms with Crippen molar-refractivity contribution in [3.8, 4) is 5.75 Å². The minimum absolute atomic E-state index is 0.325. The standard InChI is InChI=1S/C28H36N2O3/c1-31-25-11-12-26-24(21-29-16-13-28(14-17-29)32-18-7-19-33-28)22-30(27(26)20-25)15-6-5-10-23-8-3-2-4-9-23/h2-4,8-9,11-12,20,22H,5-7,10,13-19,21H2,1H3. The molecule has 2 aromatic carbocycles. The first-order chi connectivity index (χ1) is 16.2. The summed E-state index contributed by atoms with van der Waals surface area (Å²) in [4.78, 5) is 2.55. The van der Waals surface area contributed by atoms with Crippen molar-refractivity contribution in [2.75, 3.05) is 33.4 Å². The lowest BCUT2D eigenvalue weighted by Crippen LogP contribution is -2.49. The van der Waals surface area contributed by atoms with Crippen LogP contribution in [0.1, 0.15) is 43.2 Å². The number of ether oxygens (including phenoxy) is 3. The normalized spacial score (nSPS) is 18.7. The number of benzene rings is 2. The maximum Gasteiger partial charge on any atom is 0.170 e. The molecule has 3 aromatic rings. The summed E-state index contributed by atoms with van der Waals surface area (Å²) in [6, 6.07) is 17.3. The first-order valence-electron chi connectivity index (χ1n) is 12.4. The van der Waals surface area contributed by atoms with Crippen LogP contribution in [0.3, 0.4) is 0 Å². The molecule has 3 heterocycles. The second-order valence-corrected chi connectivity index (χ2v) is 9.41. The van der Waals surface area contributed by atoms with Crippen LogP contribution >= 0.6 is 0 Å². The van der Waals surface area contributed by atoms with Gasteiger partial charge in [0.15, 0.2) is 5.79 Å². The van der Waals surface area contributed by atoms with E-state index in [-0.39, 0.29) is 5.79 Å². The third kappa shape index (κ3) is 5.26. The number of rotatable bonds is 8. The van der Waals surface area contributed by atoms with E-state index in [0.29, 0.717) is 0 Å². The average molecular weight is 449 g/mol. The molecule has 0 radical (unpaired) electrons. The molecular weight excluding hydrogens is 412 g/mol. The molecule has 1 aromatic heterocycles. The van der Waals surface area contributed by atoms with Crippen molar-refractivity contribution < 1.29 is 14.2 Å². The van der Waals surface area contributed by atoms with Gasteiger partial charge in [-0.2, -0.15) is 0 Å². The van der Waals surface area contributed by atoms with Crippen molar-refractivity contribution >= 4 is 10.9 Å². The van der Waals surface area contributed by atoms with Crippen molar-refractivity contribution in [2.45, 2.75) is 57.4 Å². The van der Waals surface area contributed by atoms with E-state index in [2.05, 4.69) is 64.2 Å². The van der Waals surface area contributed by atoms with E-state index in [1.54, 1.807) is 7.11 Å². The molecule has 0 saturated carbocycles. The minimum atomic E-state index is -0.325. The molecule has 33 heavy (non-hydrogen) atoms. The summed E-state index contributed by atoms with van der Waals surface area (Å²) in [5.74, 6) is 0.596. The highest BCUT2D eigenvalue weighted by Gasteiger charge is 2.38. The van der Waals surface area contributed by atoms with E-state index >= 15 is 0 Å². The number of nitrogens with zero attached hydrogens (tertiary/aromatic N) is 2. The third-order valence-corrected chi connectivity index (χ3v) is 7.16. The van der Waals surface area contributed by atoms with Crippen molar-refractivity contribution in [2.24, 2.45) is 0 Å². The summed E-state index contributed by atoms with van der Waals surface area (Å²) in [6.45, 7) is 5.69. The molecule has 0 N–H and O–H groups in total. The van der Waals surface area contributed by atoms with Gasteiger partial charge in [0.2, 0.25) is 0 Å². The molecule has 5 nitrogen and oxygen atoms in total. The molecule has 2 fully saturated rings. The van der Waals surface area contributed by atoms with Gasteiger partial charge in [-0.25, -0.2) is 0 Å². The quantitative estimate of drug-likeness (QED) is 0.432. The maximum atomic E-state index is 6.02. The third-order valence-electron chi connectivity index (χ3n) is 7.16. The van der Waals surface area contributed by atoms with E-state index in [0.717, 1.165) is 77.2 Å². The van der Waals surface area contributed by atoms with Crippen molar-refractivity contribution in [3.05, 3.63) is 65.9 Å². The smallest absolute Gasteiger partial charge is 0.170 e. The number of piperidine rings is 1. The van der Waals surface area contributed by atoms with Gasteiger partial charge in [0, 0.05) is 56.7 Å². The Morgan fingerprint density at radius 2 is 1.76 bits per heavy atom. The molecular formula is C28H36N2O3. The number of aromatic nitrogens is 1. The Hall–Kier alpha value is -2.34. The summed E-state index contributed by atoms with van der Waals surface area (Å²) in [6.07, 6.45) is 8.78. The van der Waals surface area contributed by atoms with Gasteiger partial charge in [0.05, 0.1) is 25.8 Å². The van der Waals surface area contributed by atoms with Crippen molar-refractivity contribution in [3.63, 3.8) is 0 Å². The highest BCUT2D eigenvalue weighted by atomic mass is 16.7. The SMILES string of the molecule is COc1ccc2c(CN3CCC4(CC3)OCCCO4)cn(CCCCc3ccccc3)c2c1. The number of unbranched alkanes of at least 4 members (excludes halogenated alkanes) is 1. The van der Waals surface area contributed by atoms with E-state index in [1.807, 2.05) is 0 Å². The molecule has 5 rings (SSSR count). The van der Waals surface area contributed by atoms with Crippen molar-refractivity contribution in [1.29, 1.82) is 0 Å². The van der Waals surface area contributed by atoms with Crippen molar-refractivity contribution in [1.82, 2.24) is 9.47 Å². The van der Waals surface area contributed by atoms with E-state index < -0.39 is 0 Å². The number of aryl methyl sites for hydroxylation is 2. The zero-order valence-electron chi connectivity index (χ0n) is 19.8. The largest absolute Gasteiger partial charge is 0.497 e. The van der Waals surface area contributed by atoms with Gasteiger partial charge in [-0.1, -0.05) is 30.3 Å². The highest BCUT2D eigenvalue weighted by Crippen LogP contribution is 2.33. The fourth-order valence-electron chi connectivity index (χ4n) is 5.24. The summed E-state index contributed by atoms with van der Waals surface area (Å²) in [5, 5.41) is 1.34. The second-order valence-electron chi connectivity index (χ2n) is 9.41. The zero-order valence-corrected chi connectivity index (χ0v) is 19.8. The molecule has 0 aliphatic carbocycles. The number of methoxy groups -OCH3 is 1. The maximum absolute atomic E-state index is 6.02. The van der Waals surface area contributed by atoms with E-state index in [9.17, 15) is 0 Å². The summed E-state index contributed by atoms with van der Waals surface area (Å²) in [5.41, 5.74) is 4.10. The van der Waals surface area contributed by atoms with Gasteiger partial charge in [-0.3, -0.25) is 4.90 Å². The fourth-order valence-corrected chi connectivity index (χ4v) is 5.24. The monoisotopic (exact) mass is 448 g/mol. The highest BCUT2D eigenvalue weighted by molar-refractivity contribution is 5.85. The molecule has 5 heteroatoms. The molecule has 2 saturated heterocycles. The Kier molecular flexibility index (Phi) is 7.00. The van der Waals surface area contributed by atoms with Crippen LogP contribution in [0.4, 0.5) is 0 Å². The van der Waals surface area contributed by atoms with Gasteiger partial charge in [0.25, 0.3) is 0 Å². The molecule has 2 aliphatic rings. The van der Waals surface area contributed by atoms with Gasteiger partial charge in [0.1, 0.15) is 5.75 Å². The Labute approximate surface area is 197 Å². The fraction of sp³-hybridized carbons (Fsp3) is 0.500. The van der Waals surface area contributed by atoms with Crippen LogP contribution < -0.4 is 4.74 Å².